The van der Waals surface area contributed by atoms with E-state index >= 15 is 0 Å². The van der Waals surface area contributed by atoms with Gasteiger partial charge in [0.1, 0.15) is 18.2 Å². The highest BCUT2D eigenvalue weighted by Gasteiger charge is 2.25. The van der Waals surface area contributed by atoms with Crippen LogP contribution in [0, 0.1) is 12.7 Å². The van der Waals surface area contributed by atoms with Crippen molar-refractivity contribution in [2.45, 2.75) is 13.5 Å². The van der Waals surface area contributed by atoms with Crippen molar-refractivity contribution >= 4 is 22.9 Å². The molecule has 2 aromatic carbocycles. The first kappa shape index (κ1) is 15.8. The smallest absolute Gasteiger partial charge is 0.268 e. The fourth-order valence-corrected chi connectivity index (χ4v) is 4.27. The van der Waals surface area contributed by atoms with Gasteiger partial charge in [-0.2, -0.15) is 0 Å². The van der Waals surface area contributed by atoms with E-state index < -0.39 is 0 Å². The highest BCUT2D eigenvalue weighted by Crippen LogP contribution is 2.44. The van der Waals surface area contributed by atoms with Gasteiger partial charge < -0.3 is 9.64 Å². The largest absolute Gasteiger partial charge is 0.488 e. The van der Waals surface area contributed by atoms with Crippen LogP contribution in [0.1, 0.15) is 20.8 Å². The maximum atomic E-state index is 13.1. The number of fused-ring (bicyclic) bond motifs is 3. The van der Waals surface area contributed by atoms with E-state index in [1.165, 1.54) is 28.4 Å². The molecule has 0 atom stereocenters. The molecule has 0 fully saturated rings. The maximum absolute atomic E-state index is 13.1. The Hall–Kier alpha value is -2.66. The van der Waals surface area contributed by atoms with Gasteiger partial charge in [-0.15, -0.1) is 11.3 Å². The molecule has 0 N–H and O–H groups in total. The lowest BCUT2D eigenvalue weighted by molar-refractivity contribution is 0.0996. The molecular formula is C20H16FNO2S. The SMILES string of the molecule is Cc1cccc2c1-c1sc(C(=O)N(C)c3ccc(F)cc3)cc1CO2. The molecule has 0 saturated heterocycles. The normalized spacial score (nSPS) is 12.1. The predicted octanol–water partition coefficient (Wildman–Crippen LogP) is 5.03. The Labute approximate surface area is 149 Å². The molecule has 3 aromatic rings. The molecule has 0 radical (unpaired) electrons. The molecule has 4 rings (SSSR count). The van der Waals surface area contributed by atoms with Crippen molar-refractivity contribution in [1.29, 1.82) is 0 Å². The van der Waals surface area contributed by atoms with Crippen molar-refractivity contribution in [1.82, 2.24) is 0 Å². The molecule has 0 aliphatic carbocycles. The van der Waals surface area contributed by atoms with Crippen molar-refractivity contribution in [2.24, 2.45) is 0 Å². The van der Waals surface area contributed by atoms with Crippen LogP contribution in [-0.4, -0.2) is 13.0 Å². The van der Waals surface area contributed by atoms with Gasteiger partial charge in [0.15, 0.2) is 0 Å². The van der Waals surface area contributed by atoms with Crippen molar-refractivity contribution in [3.8, 4) is 16.2 Å². The number of ether oxygens (including phenoxy) is 1. The first-order chi connectivity index (χ1) is 12.0. The quantitative estimate of drug-likeness (QED) is 0.646. The molecule has 1 aliphatic heterocycles. The zero-order valence-corrected chi connectivity index (χ0v) is 14.7. The zero-order chi connectivity index (χ0) is 17.6. The Kier molecular flexibility index (Phi) is 3.81. The Balaban J connectivity index is 1.71. The average molecular weight is 353 g/mol. The molecule has 1 aliphatic rings. The van der Waals surface area contributed by atoms with Crippen LogP contribution < -0.4 is 9.64 Å². The van der Waals surface area contributed by atoms with E-state index in [1.54, 1.807) is 19.2 Å². The number of carbonyl (C=O) groups is 1. The minimum atomic E-state index is -0.319. The minimum absolute atomic E-state index is 0.110. The lowest BCUT2D eigenvalue weighted by Crippen LogP contribution is -2.25. The van der Waals surface area contributed by atoms with Gasteiger partial charge in [0.05, 0.1) is 4.88 Å². The second-order valence-electron chi connectivity index (χ2n) is 6.04. The Morgan fingerprint density at radius 3 is 2.72 bits per heavy atom. The van der Waals surface area contributed by atoms with E-state index in [1.807, 2.05) is 31.2 Å². The summed E-state index contributed by atoms with van der Waals surface area (Å²) >= 11 is 1.48. The third-order valence-corrected chi connectivity index (χ3v) is 5.57. The van der Waals surface area contributed by atoms with Crippen LogP contribution >= 0.6 is 11.3 Å². The number of carbonyl (C=O) groups excluding carboxylic acids is 1. The summed E-state index contributed by atoms with van der Waals surface area (Å²) in [5.74, 6) is 0.432. The van der Waals surface area contributed by atoms with Crippen LogP contribution in [0.3, 0.4) is 0 Å². The molecule has 0 spiro atoms. The number of thiophene rings is 1. The van der Waals surface area contributed by atoms with Crippen LogP contribution in [0.25, 0.3) is 10.4 Å². The van der Waals surface area contributed by atoms with Gasteiger partial charge in [-0.3, -0.25) is 4.79 Å². The van der Waals surface area contributed by atoms with Crippen LogP contribution in [-0.2, 0) is 6.61 Å². The van der Waals surface area contributed by atoms with Crippen molar-refractivity contribution in [3.05, 3.63) is 70.4 Å². The zero-order valence-electron chi connectivity index (χ0n) is 13.9. The summed E-state index contributed by atoms with van der Waals surface area (Å²) in [6, 6.07) is 13.8. The molecule has 0 bridgehead atoms. The summed E-state index contributed by atoms with van der Waals surface area (Å²) in [5, 5.41) is 0. The molecule has 3 nitrogen and oxygen atoms in total. The summed E-state index contributed by atoms with van der Waals surface area (Å²) in [7, 11) is 1.70. The van der Waals surface area contributed by atoms with Crippen LogP contribution in [0.4, 0.5) is 10.1 Å². The van der Waals surface area contributed by atoms with Gasteiger partial charge in [0.2, 0.25) is 0 Å². The number of rotatable bonds is 2. The number of hydrogen-bond donors (Lipinski definition) is 0. The van der Waals surface area contributed by atoms with Gasteiger partial charge in [0, 0.05) is 28.7 Å². The molecule has 126 valence electrons. The summed E-state index contributed by atoms with van der Waals surface area (Å²) < 4.78 is 18.9. The number of nitrogens with zero attached hydrogens (tertiary/aromatic N) is 1. The van der Waals surface area contributed by atoms with Crippen molar-refractivity contribution in [3.63, 3.8) is 0 Å². The van der Waals surface area contributed by atoms with Crippen molar-refractivity contribution in [2.75, 3.05) is 11.9 Å². The first-order valence-electron chi connectivity index (χ1n) is 7.93. The monoisotopic (exact) mass is 353 g/mol. The van der Waals surface area contributed by atoms with Gasteiger partial charge in [-0.25, -0.2) is 4.39 Å². The molecule has 1 aromatic heterocycles. The molecular weight excluding hydrogens is 337 g/mol. The third-order valence-electron chi connectivity index (χ3n) is 4.38. The number of anilines is 1. The fraction of sp³-hybridized carbons (Fsp3) is 0.150. The van der Waals surface area contributed by atoms with E-state index in [0.717, 1.165) is 27.3 Å². The van der Waals surface area contributed by atoms with Gasteiger partial charge >= 0.3 is 0 Å². The molecule has 5 heteroatoms. The van der Waals surface area contributed by atoms with Gasteiger partial charge in [0.25, 0.3) is 5.91 Å². The number of halogens is 1. The van der Waals surface area contributed by atoms with Crippen LogP contribution in [0.2, 0.25) is 0 Å². The Morgan fingerprint density at radius 1 is 1.20 bits per heavy atom. The summed E-state index contributed by atoms with van der Waals surface area (Å²) in [5.41, 5.74) is 3.89. The maximum Gasteiger partial charge on any atom is 0.268 e. The number of amides is 1. The summed E-state index contributed by atoms with van der Waals surface area (Å²) in [6.07, 6.45) is 0. The molecule has 25 heavy (non-hydrogen) atoms. The topological polar surface area (TPSA) is 29.5 Å². The Morgan fingerprint density at radius 2 is 1.96 bits per heavy atom. The molecule has 1 amide bonds. The Bertz CT molecular complexity index is 962. The standard InChI is InChI=1S/C20H16FNO2S/c1-12-4-3-5-16-18(12)19-13(11-24-16)10-17(25-19)20(23)22(2)15-8-6-14(21)7-9-15/h3-10H,11H2,1-2H3. The second-order valence-corrected chi connectivity index (χ2v) is 7.09. The minimum Gasteiger partial charge on any atom is -0.488 e. The number of aryl methyl sites for hydroxylation is 1. The van der Waals surface area contributed by atoms with E-state index in [9.17, 15) is 9.18 Å². The van der Waals surface area contributed by atoms with Crippen molar-refractivity contribution < 1.29 is 13.9 Å². The van der Waals surface area contributed by atoms with E-state index in [-0.39, 0.29) is 11.7 Å². The third kappa shape index (κ3) is 2.70. The number of hydrogen-bond acceptors (Lipinski definition) is 3. The molecule has 2 heterocycles. The van der Waals surface area contributed by atoms with Gasteiger partial charge in [-0.1, -0.05) is 12.1 Å². The number of benzene rings is 2. The van der Waals surface area contributed by atoms with E-state index in [0.29, 0.717) is 17.2 Å². The lowest BCUT2D eigenvalue weighted by Gasteiger charge is -2.19. The predicted molar refractivity (Wildman–Crippen MR) is 98.0 cm³/mol. The highest BCUT2D eigenvalue weighted by molar-refractivity contribution is 7.17. The van der Waals surface area contributed by atoms with Crippen LogP contribution in [0.15, 0.2) is 48.5 Å². The highest BCUT2D eigenvalue weighted by atomic mass is 32.1. The lowest BCUT2D eigenvalue weighted by atomic mass is 10.0. The van der Waals surface area contributed by atoms with E-state index in [4.69, 9.17) is 4.74 Å². The van der Waals surface area contributed by atoms with E-state index in [2.05, 4.69) is 0 Å². The van der Waals surface area contributed by atoms with Gasteiger partial charge in [-0.05, 0) is 48.9 Å². The molecule has 0 saturated carbocycles. The first-order valence-corrected chi connectivity index (χ1v) is 8.75. The summed E-state index contributed by atoms with van der Waals surface area (Å²) in [4.78, 5) is 16.1. The average Bonchev–Trinajstić information content (AvgIpc) is 3.05. The summed E-state index contributed by atoms with van der Waals surface area (Å²) in [6.45, 7) is 2.51. The fourth-order valence-electron chi connectivity index (χ4n) is 3.01. The van der Waals surface area contributed by atoms with Crippen LogP contribution in [0.5, 0.6) is 5.75 Å². The molecule has 0 unspecified atom stereocenters. The second kappa shape index (κ2) is 6.01.